The number of hydrogen-bond acceptors (Lipinski definition) is 2. The fourth-order valence-electron chi connectivity index (χ4n) is 5.06. The van der Waals surface area contributed by atoms with E-state index in [1.807, 2.05) is 22.7 Å². The number of pyridine rings is 2. The molecule has 3 heteroatoms. The highest BCUT2D eigenvalue weighted by molar-refractivity contribution is 7.14. The highest BCUT2D eigenvalue weighted by Crippen LogP contribution is 2.47. The first-order chi connectivity index (χ1) is 14.3. The van der Waals surface area contributed by atoms with Gasteiger partial charge in [-0.15, -0.1) is 22.7 Å². The molecule has 5 aromatic heterocycles. The zero-order chi connectivity index (χ0) is 19.5. The van der Waals surface area contributed by atoms with Gasteiger partial charge in [0.15, 0.2) is 0 Å². The third kappa shape index (κ3) is 2.26. The van der Waals surface area contributed by atoms with Crippen LogP contribution in [0.25, 0.3) is 48.2 Å². The van der Waals surface area contributed by atoms with Crippen LogP contribution >= 0.6 is 22.7 Å². The summed E-state index contributed by atoms with van der Waals surface area (Å²) in [6, 6.07) is 20.4. The molecule has 0 radical (unpaired) electrons. The summed E-state index contributed by atoms with van der Waals surface area (Å²) in [7, 11) is 0. The van der Waals surface area contributed by atoms with Gasteiger partial charge in [-0.1, -0.05) is 44.2 Å². The van der Waals surface area contributed by atoms with Gasteiger partial charge in [-0.25, -0.2) is 0 Å². The van der Waals surface area contributed by atoms with Gasteiger partial charge in [0, 0.05) is 37.2 Å². The smallest absolute Gasteiger partial charge is 0.0616 e. The maximum absolute atomic E-state index is 2.54. The van der Waals surface area contributed by atoms with E-state index in [1.54, 1.807) is 0 Å². The van der Waals surface area contributed by atoms with E-state index in [0.29, 0.717) is 0 Å². The monoisotopic (exact) mass is 411 g/mol. The Morgan fingerprint density at radius 2 is 1.31 bits per heavy atom. The molecule has 6 rings (SSSR count). The number of aryl methyl sites for hydroxylation is 2. The van der Waals surface area contributed by atoms with Crippen LogP contribution in [-0.2, 0) is 12.8 Å². The number of hydrogen-bond donors (Lipinski definition) is 0. The van der Waals surface area contributed by atoms with Gasteiger partial charge in [0.05, 0.1) is 11.0 Å². The highest BCUT2D eigenvalue weighted by atomic mass is 32.1. The van der Waals surface area contributed by atoms with Gasteiger partial charge in [0.2, 0.25) is 0 Å². The predicted molar refractivity (Wildman–Crippen MR) is 129 cm³/mol. The highest BCUT2D eigenvalue weighted by Gasteiger charge is 2.23. The number of thiophene rings is 2. The third-order valence-corrected chi connectivity index (χ3v) is 7.93. The second-order valence-corrected chi connectivity index (χ2v) is 9.41. The first-order valence-corrected chi connectivity index (χ1v) is 12.0. The lowest BCUT2D eigenvalue weighted by molar-refractivity contribution is 1.05. The van der Waals surface area contributed by atoms with Crippen LogP contribution in [-0.4, -0.2) is 4.40 Å². The van der Waals surface area contributed by atoms with Gasteiger partial charge in [0.25, 0.3) is 0 Å². The Kier molecular flexibility index (Phi) is 3.84. The fraction of sp³-hybridized carbons (Fsp3) is 0.154. The Balaban J connectivity index is 1.95. The summed E-state index contributed by atoms with van der Waals surface area (Å²) in [4.78, 5) is 2.69. The molecule has 0 aliphatic heterocycles. The number of rotatable bonds is 4. The van der Waals surface area contributed by atoms with Crippen molar-refractivity contribution in [2.75, 3.05) is 0 Å². The molecule has 0 spiro atoms. The molecule has 29 heavy (non-hydrogen) atoms. The quantitative estimate of drug-likeness (QED) is 0.275. The van der Waals surface area contributed by atoms with Crippen LogP contribution < -0.4 is 0 Å². The summed E-state index contributed by atoms with van der Waals surface area (Å²) in [6.07, 6.45) is 2.13. The van der Waals surface area contributed by atoms with E-state index in [4.69, 9.17) is 0 Å². The maximum atomic E-state index is 2.54. The molecule has 0 unspecified atom stereocenters. The Labute approximate surface area is 178 Å². The lowest BCUT2D eigenvalue weighted by Crippen LogP contribution is -2.03. The molecule has 0 amide bonds. The molecular formula is C26H21NS2. The molecular weight excluding hydrogens is 390 g/mol. The molecule has 0 saturated heterocycles. The lowest BCUT2D eigenvalue weighted by Gasteiger charge is -2.21. The van der Waals surface area contributed by atoms with E-state index < -0.39 is 0 Å². The average Bonchev–Trinajstić information content (AvgIpc) is 3.52. The van der Waals surface area contributed by atoms with Crippen LogP contribution in [0.3, 0.4) is 0 Å². The topological polar surface area (TPSA) is 4.41 Å². The normalized spacial score (nSPS) is 12.1. The van der Waals surface area contributed by atoms with Crippen molar-refractivity contribution in [1.82, 2.24) is 4.40 Å². The fourth-order valence-corrected chi connectivity index (χ4v) is 6.64. The van der Waals surface area contributed by atoms with Crippen molar-refractivity contribution >= 4 is 50.0 Å². The minimum atomic E-state index is 1.06. The summed E-state index contributed by atoms with van der Waals surface area (Å²) < 4.78 is 2.54. The van der Waals surface area contributed by atoms with Gasteiger partial charge >= 0.3 is 0 Å². The van der Waals surface area contributed by atoms with E-state index in [-0.39, 0.29) is 0 Å². The Bertz CT molecular complexity index is 1450. The minimum absolute atomic E-state index is 1.06. The first-order valence-electron chi connectivity index (χ1n) is 10.2. The van der Waals surface area contributed by atoms with Crippen molar-refractivity contribution in [3.63, 3.8) is 0 Å². The van der Waals surface area contributed by atoms with Gasteiger partial charge in [-0.3, -0.25) is 0 Å². The third-order valence-electron chi connectivity index (χ3n) is 6.16. The molecule has 6 aromatic rings. The molecule has 5 heterocycles. The molecule has 1 aromatic carbocycles. The van der Waals surface area contributed by atoms with Gasteiger partial charge in [0.1, 0.15) is 0 Å². The maximum Gasteiger partial charge on any atom is 0.0616 e. The summed E-state index contributed by atoms with van der Waals surface area (Å²) >= 11 is 3.67. The molecule has 0 aliphatic carbocycles. The number of benzene rings is 1. The summed E-state index contributed by atoms with van der Waals surface area (Å²) in [6.45, 7) is 4.58. The van der Waals surface area contributed by atoms with E-state index in [2.05, 4.69) is 83.6 Å². The largest absolute Gasteiger partial charge is 0.308 e. The molecule has 0 fully saturated rings. The van der Waals surface area contributed by atoms with Crippen LogP contribution in [0.4, 0.5) is 0 Å². The zero-order valence-corrected chi connectivity index (χ0v) is 18.2. The van der Waals surface area contributed by atoms with E-state index in [1.165, 1.54) is 59.3 Å². The molecule has 0 atom stereocenters. The van der Waals surface area contributed by atoms with E-state index in [9.17, 15) is 0 Å². The van der Waals surface area contributed by atoms with Crippen molar-refractivity contribution in [3.8, 4) is 20.9 Å². The first kappa shape index (κ1) is 17.3. The second-order valence-electron chi connectivity index (χ2n) is 7.51. The Hall–Kier alpha value is -2.62. The van der Waals surface area contributed by atoms with Crippen LogP contribution in [0.15, 0.2) is 65.4 Å². The van der Waals surface area contributed by atoms with Crippen LogP contribution in [0.1, 0.15) is 25.0 Å². The summed E-state index contributed by atoms with van der Waals surface area (Å²) in [5, 5.41) is 7.15. The second kappa shape index (κ2) is 6.45. The van der Waals surface area contributed by atoms with Crippen molar-refractivity contribution in [2.24, 2.45) is 0 Å². The van der Waals surface area contributed by atoms with Crippen molar-refractivity contribution in [1.29, 1.82) is 0 Å². The van der Waals surface area contributed by atoms with Gasteiger partial charge < -0.3 is 4.40 Å². The standard InChI is InChI=1S/C26H21NS2/c1-3-16-17(4-2)20-12-13-21-25(23-11-7-15-29-23)24(22-10-6-14-28-22)19-9-5-8-18(16)26(19)27(20)21/h5-15H,3-4H2,1-2H3. The van der Waals surface area contributed by atoms with Crippen molar-refractivity contribution < 1.29 is 0 Å². The molecule has 142 valence electrons. The van der Waals surface area contributed by atoms with Gasteiger partial charge in [-0.2, -0.15) is 0 Å². The lowest BCUT2D eigenvalue weighted by atomic mass is 9.92. The Morgan fingerprint density at radius 3 is 1.97 bits per heavy atom. The van der Waals surface area contributed by atoms with E-state index in [0.717, 1.165) is 12.8 Å². The van der Waals surface area contributed by atoms with E-state index >= 15 is 0 Å². The summed E-state index contributed by atoms with van der Waals surface area (Å²) in [5.41, 5.74) is 9.83. The minimum Gasteiger partial charge on any atom is -0.308 e. The molecule has 0 aliphatic rings. The number of nitrogens with zero attached hydrogens (tertiary/aromatic N) is 1. The molecule has 0 N–H and O–H groups in total. The summed E-state index contributed by atoms with van der Waals surface area (Å²) in [5.74, 6) is 0. The molecule has 0 saturated carbocycles. The molecule has 0 bridgehead atoms. The SMILES string of the molecule is CCc1c(CC)c2ccc3c(-c4cccs4)c(-c4cccs4)c4cccc1c4n23. The zero-order valence-electron chi connectivity index (χ0n) is 16.5. The number of para-hydroxylation sites is 1. The van der Waals surface area contributed by atoms with Crippen molar-refractivity contribution in [3.05, 3.63) is 76.5 Å². The van der Waals surface area contributed by atoms with Crippen LogP contribution in [0.2, 0.25) is 0 Å². The van der Waals surface area contributed by atoms with Gasteiger partial charge in [-0.05, 0) is 59.0 Å². The van der Waals surface area contributed by atoms with Crippen molar-refractivity contribution in [2.45, 2.75) is 26.7 Å². The average molecular weight is 412 g/mol. The predicted octanol–water partition coefficient (Wildman–Crippen LogP) is 8.27. The Morgan fingerprint density at radius 1 is 0.655 bits per heavy atom. The van der Waals surface area contributed by atoms with Crippen LogP contribution in [0, 0.1) is 0 Å². The molecule has 1 nitrogen and oxygen atoms in total. The number of aromatic nitrogens is 1. The van der Waals surface area contributed by atoms with Crippen LogP contribution in [0.5, 0.6) is 0 Å².